The van der Waals surface area contributed by atoms with E-state index in [4.69, 9.17) is 15.2 Å². The molecular formula is C15H19N3O2. The van der Waals surface area contributed by atoms with Crippen LogP contribution in [0.15, 0.2) is 18.2 Å². The first-order chi connectivity index (χ1) is 9.56. The van der Waals surface area contributed by atoms with E-state index in [2.05, 4.69) is 18.9 Å². The van der Waals surface area contributed by atoms with Crippen molar-refractivity contribution in [2.24, 2.45) is 5.73 Å². The summed E-state index contributed by atoms with van der Waals surface area (Å²) in [6.45, 7) is 7.11. The van der Waals surface area contributed by atoms with Gasteiger partial charge in [-0.2, -0.15) is 5.10 Å². The van der Waals surface area contributed by atoms with Crippen molar-refractivity contribution in [2.45, 2.75) is 33.4 Å². The SMILES string of the molecule is Cc1nn(CC(N)c2ccc3c(c2)OCO3)c(C)c1C. The average Bonchev–Trinajstić information content (AvgIpc) is 2.99. The number of rotatable bonds is 3. The molecule has 3 rings (SSSR count). The average molecular weight is 273 g/mol. The second-order valence-electron chi connectivity index (χ2n) is 5.20. The number of aryl methyl sites for hydroxylation is 1. The van der Waals surface area contributed by atoms with Crippen molar-refractivity contribution in [2.75, 3.05) is 6.79 Å². The summed E-state index contributed by atoms with van der Waals surface area (Å²) in [5.74, 6) is 1.55. The highest BCUT2D eigenvalue weighted by molar-refractivity contribution is 5.45. The van der Waals surface area contributed by atoms with Crippen molar-refractivity contribution < 1.29 is 9.47 Å². The van der Waals surface area contributed by atoms with E-state index in [0.717, 1.165) is 22.8 Å². The lowest BCUT2D eigenvalue weighted by molar-refractivity contribution is 0.174. The van der Waals surface area contributed by atoms with Gasteiger partial charge >= 0.3 is 0 Å². The number of ether oxygens (including phenoxy) is 2. The molecule has 0 saturated heterocycles. The molecule has 2 N–H and O–H groups in total. The van der Waals surface area contributed by atoms with E-state index in [1.165, 1.54) is 11.3 Å². The van der Waals surface area contributed by atoms with Crippen molar-refractivity contribution in [1.29, 1.82) is 0 Å². The molecule has 1 aliphatic heterocycles. The molecule has 0 spiro atoms. The van der Waals surface area contributed by atoms with E-state index in [0.29, 0.717) is 6.54 Å². The van der Waals surface area contributed by atoms with E-state index in [1.807, 2.05) is 29.8 Å². The molecule has 106 valence electrons. The molecule has 1 aromatic heterocycles. The van der Waals surface area contributed by atoms with Gasteiger partial charge in [-0.3, -0.25) is 4.68 Å². The Hall–Kier alpha value is -2.01. The largest absolute Gasteiger partial charge is 0.454 e. The van der Waals surface area contributed by atoms with Gasteiger partial charge in [-0.05, 0) is 44.0 Å². The van der Waals surface area contributed by atoms with Gasteiger partial charge in [0.2, 0.25) is 6.79 Å². The minimum Gasteiger partial charge on any atom is -0.454 e. The topological polar surface area (TPSA) is 62.3 Å². The molecule has 0 amide bonds. The van der Waals surface area contributed by atoms with Crippen LogP contribution in [0.1, 0.15) is 28.6 Å². The van der Waals surface area contributed by atoms with Gasteiger partial charge in [-0.25, -0.2) is 0 Å². The van der Waals surface area contributed by atoms with Crippen molar-refractivity contribution in [3.05, 3.63) is 40.7 Å². The second kappa shape index (κ2) is 4.83. The zero-order valence-corrected chi connectivity index (χ0v) is 12.0. The third kappa shape index (κ3) is 2.14. The quantitative estimate of drug-likeness (QED) is 0.931. The van der Waals surface area contributed by atoms with Crippen LogP contribution in [0.4, 0.5) is 0 Å². The van der Waals surface area contributed by atoms with Gasteiger partial charge in [-0.15, -0.1) is 0 Å². The molecule has 0 bridgehead atoms. The molecule has 5 nitrogen and oxygen atoms in total. The first-order valence-corrected chi connectivity index (χ1v) is 6.72. The van der Waals surface area contributed by atoms with Gasteiger partial charge in [0.1, 0.15) is 0 Å². The zero-order chi connectivity index (χ0) is 14.3. The summed E-state index contributed by atoms with van der Waals surface area (Å²) >= 11 is 0. The third-order valence-electron chi connectivity index (χ3n) is 3.94. The third-order valence-corrected chi connectivity index (χ3v) is 3.94. The summed E-state index contributed by atoms with van der Waals surface area (Å²) in [6.07, 6.45) is 0. The number of benzene rings is 1. The summed E-state index contributed by atoms with van der Waals surface area (Å²) in [7, 11) is 0. The summed E-state index contributed by atoms with van der Waals surface area (Å²) in [4.78, 5) is 0. The van der Waals surface area contributed by atoms with Crippen LogP contribution in [0.5, 0.6) is 11.5 Å². The van der Waals surface area contributed by atoms with Crippen LogP contribution >= 0.6 is 0 Å². The zero-order valence-electron chi connectivity index (χ0n) is 12.0. The highest BCUT2D eigenvalue weighted by Gasteiger charge is 2.17. The van der Waals surface area contributed by atoms with Crippen molar-refractivity contribution in [3.8, 4) is 11.5 Å². The number of nitrogens with zero attached hydrogens (tertiary/aromatic N) is 2. The number of aromatic nitrogens is 2. The smallest absolute Gasteiger partial charge is 0.231 e. The lowest BCUT2D eigenvalue weighted by Crippen LogP contribution is -2.19. The van der Waals surface area contributed by atoms with Crippen LogP contribution in [-0.4, -0.2) is 16.6 Å². The number of nitrogens with two attached hydrogens (primary N) is 1. The fraction of sp³-hybridized carbons (Fsp3) is 0.400. The van der Waals surface area contributed by atoms with E-state index in [9.17, 15) is 0 Å². The molecule has 0 aliphatic carbocycles. The van der Waals surface area contributed by atoms with Gasteiger partial charge in [-0.1, -0.05) is 6.07 Å². The first-order valence-electron chi connectivity index (χ1n) is 6.72. The Morgan fingerprint density at radius 1 is 1.25 bits per heavy atom. The van der Waals surface area contributed by atoms with Crippen LogP contribution in [0.2, 0.25) is 0 Å². The first kappa shape index (κ1) is 13.0. The monoisotopic (exact) mass is 273 g/mol. The minimum atomic E-state index is -0.123. The molecular weight excluding hydrogens is 254 g/mol. The second-order valence-corrected chi connectivity index (χ2v) is 5.20. The van der Waals surface area contributed by atoms with E-state index in [-0.39, 0.29) is 12.8 Å². The van der Waals surface area contributed by atoms with Gasteiger partial charge in [0, 0.05) is 11.7 Å². The van der Waals surface area contributed by atoms with E-state index < -0.39 is 0 Å². The molecule has 20 heavy (non-hydrogen) atoms. The van der Waals surface area contributed by atoms with E-state index in [1.54, 1.807) is 0 Å². The highest BCUT2D eigenvalue weighted by Crippen LogP contribution is 2.34. The Labute approximate surface area is 118 Å². The maximum absolute atomic E-state index is 6.29. The van der Waals surface area contributed by atoms with Gasteiger partial charge in [0.05, 0.1) is 12.2 Å². The van der Waals surface area contributed by atoms with Crippen molar-refractivity contribution in [1.82, 2.24) is 9.78 Å². The van der Waals surface area contributed by atoms with Crippen LogP contribution < -0.4 is 15.2 Å². The summed E-state index contributed by atoms with van der Waals surface area (Å²) in [6, 6.07) is 5.72. The van der Waals surface area contributed by atoms with Crippen LogP contribution in [0, 0.1) is 20.8 Å². The molecule has 1 aromatic carbocycles. The van der Waals surface area contributed by atoms with Crippen molar-refractivity contribution in [3.63, 3.8) is 0 Å². The predicted octanol–water partition coefficient (Wildman–Crippen LogP) is 2.24. The molecule has 1 unspecified atom stereocenters. The molecule has 1 aliphatic rings. The summed E-state index contributed by atoms with van der Waals surface area (Å²) < 4.78 is 12.7. The number of fused-ring (bicyclic) bond motifs is 1. The van der Waals surface area contributed by atoms with E-state index >= 15 is 0 Å². The van der Waals surface area contributed by atoms with Gasteiger partial charge in [0.25, 0.3) is 0 Å². The Morgan fingerprint density at radius 3 is 2.70 bits per heavy atom. The predicted molar refractivity (Wildman–Crippen MR) is 75.9 cm³/mol. The maximum Gasteiger partial charge on any atom is 0.231 e. The highest BCUT2D eigenvalue weighted by atomic mass is 16.7. The normalized spacial score (nSPS) is 14.6. The summed E-state index contributed by atoms with van der Waals surface area (Å²) in [5, 5.41) is 4.53. The lowest BCUT2D eigenvalue weighted by atomic mass is 10.1. The Kier molecular flexibility index (Phi) is 3.14. The Balaban J connectivity index is 1.82. The summed E-state index contributed by atoms with van der Waals surface area (Å²) in [5.41, 5.74) is 10.8. The molecule has 5 heteroatoms. The molecule has 0 radical (unpaired) electrons. The lowest BCUT2D eigenvalue weighted by Gasteiger charge is -2.14. The van der Waals surface area contributed by atoms with Gasteiger partial charge < -0.3 is 15.2 Å². The fourth-order valence-electron chi connectivity index (χ4n) is 2.40. The molecule has 0 saturated carbocycles. The van der Waals surface area contributed by atoms with Gasteiger partial charge in [0.15, 0.2) is 11.5 Å². The Bertz CT molecular complexity index is 649. The van der Waals surface area contributed by atoms with Crippen LogP contribution in [0.3, 0.4) is 0 Å². The molecule has 2 heterocycles. The number of hydrogen-bond acceptors (Lipinski definition) is 4. The molecule has 1 atom stereocenters. The fourth-order valence-corrected chi connectivity index (χ4v) is 2.40. The van der Waals surface area contributed by atoms with Crippen LogP contribution in [-0.2, 0) is 6.54 Å². The maximum atomic E-state index is 6.29. The molecule has 2 aromatic rings. The van der Waals surface area contributed by atoms with Crippen LogP contribution in [0.25, 0.3) is 0 Å². The van der Waals surface area contributed by atoms with Crippen molar-refractivity contribution >= 4 is 0 Å². The minimum absolute atomic E-state index is 0.123. The number of hydrogen-bond donors (Lipinski definition) is 1. The standard InChI is InChI=1S/C15H19N3O2/c1-9-10(2)17-18(11(9)3)7-13(16)12-4-5-14-15(6-12)20-8-19-14/h4-6,13H,7-8,16H2,1-3H3. The molecule has 0 fully saturated rings. The Morgan fingerprint density at radius 2 is 2.00 bits per heavy atom.